The Bertz CT molecular complexity index is 675. The second-order valence-electron chi connectivity index (χ2n) is 4.06. The Balaban J connectivity index is 2.84. The van der Waals surface area contributed by atoms with E-state index < -0.39 is 11.9 Å². The Hall–Kier alpha value is -2.56. The molecule has 0 aromatic heterocycles. The maximum Gasteiger partial charge on any atom is 0.338 e. The van der Waals surface area contributed by atoms with Gasteiger partial charge in [0.05, 0.1) is 32.5 Å². The van der Waals surface area contributed by atoms with Crippen LogP contribution in [0.15, 0.2) is 30.3 Å². The third-order valence-electron chi connectivity index (χ3n) is 3.00. The number of esters is 2. The van der Waals surface area contributed by atoms with Gasteiger partial charge in [-0.15, -0.1) is 0 Å². The summed E-state index contributed by atoms with van der Waals surface area (Å²) in [6, 6.07) is 8.40. The average molecular weight is 274 g/mol. The number of hydrogen-bond acceptors (Lipinski definition) is 5. The predicted octanol–water partition coefficient (Wildman–Crippen LogP) is 2.42. The van der Waals surface area contributed by atoms with E-state index >= 15 is 0 Å². The number of benzene rings is 2. The van der Waals surface area contributed by atoms with Gasteiger partial charge < -0.3 is 14.2 Å². The summed E-state index contributed by atoms with van der Waals surface area (Å²) in [5.74, 6) is -0.531. The summed E-state index contributed by atoms with van der Waals surface area (Å²) in [5.41, 5.74) is 0.580. The largest absolute Gasteiger partial charge is 0.497 e. The van der Waals surface area contributed by atoms with Gasteiger partial charge >= 0.3 is 11.9 Å². The van der Waals surface area contributed by atoms with Crippen molar-refractivity contribution < 1.29 is 23.8 Å². The molecule has 0 radical (unpaired) electrons. The van der Waals surface area contributed by atoms with Crippen LogP contribution in [-0.4, -0.2) is 33.3 Å². The fraction of sp³-hybridized carbons (Fsp3) is 0.200. The van der Waals surface area contributed by atoms with Crippen LogP contribution in [0.2, 0.25) is 0 Å². The van der Waals surface area contributed by atoms with Crippen molar-refractivity contribution in [3.05, 3.63) is 41.5 Å². The lowest BCUT2D eigenvalue weighted by Crippen LogP contribution is -2.08. The second-order valence-corrected chi connectivity index (χ2v) is 4.06. The highest BCUT2D eigenvalue weighted by Gasteiger charge is 2.19. The quantitative estimate of drug-likeness (QED) is 0.804. The minimum atomic E-state index is -0.537. The Labute approximate surface area is 116 Å². The van der Waals surface area contributed by atoms with Crippen molar-refractivity contribution in [3.8, 4) is 5.75 Å². The molecule has 0 saturated heterocycles. The van der Waals surface area contributed by atoms with Crippen LogP contribution in [0.5, 0.6) is 5.75 Å². The molecule has 0 unspecified atom stereocenters. The fourth-order valence-corrected chi connectivity index (χ4v) is 2.07. The summed E-state index contributed by atoms with van der Waals surface area (Å²) in [4.78, 5) is 23.8. The van der Waals surface area contributed by atoms with E-state index in [1.807, 2.05) is 0 Å². The Morgan fingerprint density at radius 2 is 1.55 bits per heavy atom. The zero-order chi connectivity index (χ0) is 14.7. The SMILES string of the molecule is COC(=O)c1cccc2cc(OC)cc(C(=O)OC)c12. The normalized spacial score (nSPS) is 10.2. The van der Waals surface area contributed by atoms with Crippen LogP contribution in [0.1, 0.15) is 20.7 Å². The summed E-state index contributed by atoms with van der Waals surface area (Å²) in [7, 11) is 4.09. The highest BCUT2D eigenvalue weighted by atomic mass is 16.5. The molecular weight excluding hydrogens is 260 g/mol. The van der Waals surface area contributed by atoms with Crippen LogP contribution in [0.25, 0.3) is 10.8 Å². The molecule has 0 aliphatic heterocycles. The lowest BCUT2D eigenvalue weighted by Gasteiger charge is -2.11. The molecule has 0 spiro atoms. The van der Waals surface area contributed by atoms with Crippen molar-refractivity contribution in [2.75, 3.05) is 21.3 Å². The third kappa shape index (κ3) is 2.30. The number of fused-ring (bicyclic) bond motifs is 1. The third-order valence-corrected chi connectivity index (χ3v) is 3.00. The molecule has 5 heteroatoms. The number of carbonyl (C=O) groups excluding carboxylic acids is 2. The first-order chi connectivity index (χ1) is 9.62. The fourth-order valence-electron chi connectivity index (χ4n) is 2.07. The van der Waals surface area contributed by atoms with Crippen LogP contribution in [0.4, 0.5) is 0 Å². The maximum atomic E-state index is 11.9. The van der Waals surface area contributed by atoms with Crippen molar-refractivity contribution >= 4 is 22.7 Å². The molecule has 2 rings (SSSR count). The zero-order valence-corrected chi connectivity index (χ0v) is 11.4. The van der Waals surface area contributed by atoms with E-state index in [2.05, 4.69) is 0 Å². The van der Waals surface area contributed by atoms with Gasteiger partial charge in [-0.3, -0.25) is 0 Å². The van der Waals surface area contributed by atoms with E-state index in [1.165, 1.54) is 21.3 Å². The van der Waals surface area contributed by atoms with E-state index in [-0.39, 0.29) is 5.56 Å². The highest BCUT2D eigenvalue weighted by Crippen LogP contribution is 2.29. The standard InChI is InChI=1S/C15H14O5/c1-18-10-7-9-5-4-6-11(14(16)19-2)13(9)12(8-10)15(17)20-3/h4-8H,1-3H3. The van der Waals surface area contributed by atoms with Gasteiger partial charge in [0.15, 0.2) is 0 Å². The van der Waals surface area contributed by atoms with Gasteiger partial charge in [-0.1, -0.05) is 12.1 Å². The molecule has 20 heavy (non-hydrogen) atoms. The molecule has 0 atom stereocenters. The molecule has 2 aromatic rings. The van der Waals surface area contributed by atoms with Gasteiger partial charge in [-0.05, 0) is 23.6 Å². The number of carbonyl (C=O) groups is 2. The minimum absolute atomic E-state index is 0.267. The minimum Gasteiger partial charge on any atom is -0.497 e. The van der Waals surface area contributed by atoms with Crippen molar-refractivity contribution in [2.45, 2.75) is 0 Å². The van der Waals surface area contributed by atoms with E-state index in [0.29, 0.717) is 22.1 Å². The Kier molecular flexibility index (Phi) is 3.89. The molecule has 0 aliphatic carbocycles. The molecule has 0 aliphatic rings. The summed E-state index contributed by atoms with van der Waals surface area (Å²) in [6.07, 6.45) is 0. The van der Waals surface area contributed by atoms with Crippen LogP contribution >= 0.6 is 0 Å². The monoisotopic (exact) mass is 274 g/mol. The van der Waals surface area contributed by atoms with Gasteiger partial charge in [-0.25, -0.2) is 9.59 Å². The molecule has 5 nitrogen and oxygen atoms in total. The number of ether oxygens (including phenoxy) is 3. The number of rotatable bonds is 3. The van der Waals surface area contributed by atoms with Crippen LogP contribution in [-0.2, 0) is 9.47 Å². The topological polar surface area (TPSA) is 61.8 Å². The molecule has 2 aromatic carbocycles. The second kappa shape index (κ2) is 5.61. The zero-order valence-electron chi connectivity index (χ0n) is 11.4. The maximum absolute atomic E-state index is 11.9. The summed E-state index contributed by atoms with van der Waals surface area (Å²) in [5, 5.41) is 1.19. The van der Waals surface area contributed by atoms with Crippen molar-refractivity contribution in [3.63, 3.8) is 0 Å². The summed E-state index contributed by atoms with van der Waals surface area (Å²) < 4.78 is 14.7. The number of methoxy groups -OCH3 is 3. The van der Waals surface area contributed by atoms with Crippen molar-refractivity contribution in [2.24, 2.45) is 0 Å². The van der Waals surface area contributed by atoms with E-state index in [4.69, 9.17) is 14.2 Å². The molecule has 0 bridgehead atoms. The van der Waals surface area contributed by atoms with Gasteiger partial charge in [0.1, 0.15) is 5.75 Å². The first kappa shape index (κ1) is 13.9. The lowest BCUT2D eigenvalue weighted by atomic mass is 9.98. The van der Waals surface area contributed by atoms with Crippen LogP contribution in [0, 0.1) is 0 Å². The predicted molar refractivity (Wildman–Crippen MR) is 73.2 cm³/mol. The summed E-state index contributed by atoms with van der Waals surface area (Å²) in [6.45, 7) is 0. The first-order valence-electron chi connectivity index (χ1n) is 5.89. The van der Waals surface area contributed by atoms with Gasteiger partial charge in [0, 0.05) is 5.39 Å². The molecule has 0 fully saturated rings. The lowest BCUT2D eigenvalue weighted by molar-refractivity contribution is 0.0601. The van der Waals surface area contributed by atoms with E-state index in [1.54, 1.807) is 30.3 Å². The summed E-state index contributed by atoms with van der Waals surface area (Å²) >= 11 is 0. The average Bonchev–Trinajstić information content (AvgIpc) is 2.51. The first-order valence-corrected chi connectivity index (χ1v) is 5.89. The molecule has 0 N–H and O–H groups in total. The molecule has 104 valence electrons. The molecular formula is C15H14O5. The van der Waals surface area contributed by atoms with Gasteiger partial charge in [0.2, 0.25) is 0 Å². The Morgan fingerprint density at radius 3 is 2.15 bits per heavy atom. The van der Waals surface area contributed by atoms with E-state index in [0.717, 1.165) is 0 Å². The Morgan fingerprint density at radius 1 is 0.900 bits per heavy atom. The van der Waals surface area contributed by atoms with Crippen LogP contribution in [0.3, 0.4) is 0 Å². The number of hydrogen-bond donors (Lipinski definition) is 0. The van der Waals surface area contributed by atoms with Gasteiger partial charge in [0.25, 0.3) is 0 Å². The molecule has 0 heterocycles. The van der Waals surface area contributed by atoms with Crippen LogP contribution < -0.4 is 4.74 Å². The molecule has 0 amide bonds. The van der Waals surface area contributed by atoms with E-state index in [9.17, 15) is 9.59 Å². The van der Waals surface area contributed by atoms with Crippen molar-refractivity contribution in [1.29, 1.82) is 0 Å². The highest BCUT2D eigenvalue weighted by molar-refractivity contribution is 6.13. The van der Waals surface area contributed by atoms with Gasteiger partial charge in [-0.2, -0.15) is 0 Å². The molecule has 0 saturated carbocycles. The smallest absolute Gasteiger partial charge is 0.338 e. The van der Waals surface area contributed by atoms with Crippen molar-refractivity contribution in [1.82, 2.24) is 0 Å².